The molecule has 1 unspecified atom stereocenters. The third-order valence-electron chi connectivity index (χ3n) is 6.09. The van der Waals surface area contributed by atoms with Crippen LogP contribution in [0.3, 0.4) is 0 Å². The first kappa shape index (κ1) is 25.4. The molecule has 186 valence electrons. The van der Waals surface area contributed by atoms with Gasteiger partial charge in [0, 0.05) is 31.8 Å². The lowest BCUT2D eigenvalue weighted by atomic mass is 9.84. The predicted molar refractivity (Wildman–Crippen MR) is 143 cm³/mol. The summed E-state index contributed by atoms with van der Waals surface area (Å²) < 4.78 is 0. The minimum absolute atomic E-state index is 0.0239. The molecular weight excluding hydrogens is 472 g/mol. The molecule has 36 heavy (non-hydrogen) atoms. The van der Waals surface area contributed by atoms with E-state index in [1.165, 1.54) is 9.80 Å². The molecule has 0 aliphatic carbocycles. The van der Waals surface area contributed by atoms with Crippen molar-refractivity contribution in [3.8, 4) is 11.1 Å². The van der Waals surface area contributed by atoms with Gasteiger partial charge in [0.15, 0.2) is 11.5 Å². The molecule has 1 aliphatic rings. The lowest BCUT2D eigenvalue weighted by molar-refractivity contribution is -0.118. The summed E-state index contributed by atoms with van der Waals surface area (Å²) >= 11 is 1.60. The Morgan fingerprint density at radius 1 is 1.00 bits per heavy atom. The highest BCUT2D eigenvalue weighted by Crippen LogP contribution is 2.44. The fourth-order valence-corrected chi connectivity index (χ4v) is 5.11. The molecule has 0 fully saturated rings. The van der Waals surface area contributed by atoms with Crippen LogP contribution in [0.15, 0.2) is 76.7 Å². The molecule has 0 radical (unpaired) electrons. The molecule has 3 aromatic rings. The molecule has 1 aliphatic heterocycles. The standard InChI is InChI=1S/C29H30N2O4S/c1-29(2,3)16-23(32)24-25(21-8-6-7-9-22(21)27(34)30(4)5)31(28(35)26(24)33)20-12-10-18(11-13-20)19-14-15-36-17-19/h6-15,17,25,33H,16H2,1-5H3. The highest BCUT2D eigenvalue weighted by atomic mass is 32.1. The SMILES string of the molecule is CN(C)C(=O)c1ccccc1C1C(C(=O)CC(C)(C)C)=C(O)C(=O)N1c1ccc(-c2ccsc2)cc1. The summed E-state index contributed by atoms with van der Waals surface area (Å²) in [5.41, 5.74) is 3.13. The van der Waals surface area contributed by atoms with Crippen LogP contribution in [-0.4, -0.2) is 41.7 Å². The smallest absolute Gasteiger partial charge is 0.294 e. The van der Waals surface area contributed by atoms with E-state index in [9.17, 15) is 19.5 Å². The first-order valence-corrected chi connectivity index (χ1v) is 12.7. The normalized spacial score (nSPS) is 16.0. The number of thiophene rings is 1. The molecule has 0 saturated heterocycles. The second-order valence-corrected chi connectivity index (χ2v) is 11.1. The van der Waals surface area contributed by atoms with E-state index in [1.54, 1.807) is 61.8 Å². The summed E-state index contributed by atoms with van der Waals surface area (Å²) in [6.45, 7) is 5.79. The second-order valence-electron chi connectivity index (χ2n) is 10.3. The van der Waals surface area contributed by atoms with Crippen LogP contribution < -0.4 is 4.90 Å². The average molecular weight is 503 g/mol. The lowest BCUT2D eigenvalue weighted by Crippen LogP contribution is -2.33. The van der Waals surface area contributed by atoms with Crippen molar-refractivity contribution in [2.24, 2.45) is 5.41 Å². The highest BCUT2D eigenvalue weighted by molar-refractivity contribution is 7.08. The first-order valence-electron chi connectivity index (χ1n) is 11.7. The molecule has 2 amide bonds. The average Bonchev–Trinajstić information content (AvgIpc) is 3.45. The number of ketones is 1. The summed E-state index contributed by atoms with van der Waals surface area (Å²) in [6.07, 6.45) is 0.144. The number of carbonyl (C=O) groups excluding carboxylic acids is 3. The van der Waals surface area contributed by atoms with Gasteiger partial charge in [-0.1, -0.05) is 51.1 Å². The maximum atomic E-state index is 13.5. The third kappa shape index (κ3) is 4.84. The van der Waals surface area contributed by atoms with Gasteiger partial charge < -0.3 is 10.0 Å². The Bertz CT molecular complexity index is 1330. The Balaban J connectivity index is 1.87. The number of aliphatic hydroxyl groups excluding tert-OH is 1. The van der Waals surface area contributed by atoms with Crippen molar-refractivity contribution in [1.82, 2.24) is 4.90 Å². The molecule has 1 atom stereocenters. The van der Waals surface area contributed by atoms with Gasteiger partial charge in [-0.25, -0.2) is 0 Å². The maximum absolute atomic E-state index is 13.5. The van der Waals surface area contributed by atoms with Crippen molar-refractivity contribution in [3.63, 3.8) is 0 Å². The zero-order chi connectivity index (χ0) is 26.2. The number of anilines is 1. The number of carbonyl (C=O) groups is 3. The van der Waals surface area contributed by atoms with Crippen LogP contribution in [0.4, 0.5) is 5.69 Å². The molecule has 4 rings (SSSR count). The van der Waals surface area contributed by atoms with Crippen molar-refractivity contribution in [1.29, 1.82) is 0 Å². The Morgan fingerprint density at radius 3 is 2.25 bits per heavy atom. The van der Waals surface area contributed by atoms with Crippen molar-refractivity contribution in [3.05, 3.63) is 87.8 Å². The minimum Gasteiger partial charge on any atom is -0.503 e. The van der Waals surface area contributed by atoms with Gasteiger partial charge in [-0.2, -0.15) is 11.3 Å². The summed E-state index contributed by atoms with van der Waals surface area (Å²) in [5.74, 6) is -1.79. The van der Waals surface area contributed by atoms with E-state index in [0.717, 1.165) is 11.1 Å². The summed E-state index contributed by atoms with van der Waals surface area (Å²) in [5, 5.41) is 15.0. The van der Waals surface area contributed by atoms with E-state index in [0.29, 0.717) is 16.8 Å². The number of amides is 2. The van der Waals surface area contributed by atoms with Crippen molar-refractivity contribution in [2.45, 2.75) is 33.2 Å². The van der Waals surface area contributed by atoms with Crippen molar-refractivity contribution in [2.75, 3.05) is 19.0 Å². The Hall–Kier alpha value is -3.71. The van der Waals surface area contributed by atoms with Crippen LogP contribution in [0.1, 0.15) is 49.2 Å². The van der Waals surface area contributed by atoms with E-state index < -0.39 is 17.7 Å². The number of benzene rings is 2. The Morgan fingerprint density at radius 2 is 1.67 bits per heavy atom. The van der Waals surface area contributed by atoms with Crippen LogP contribution in [-0.2, 0) is 9.59 Å². The maximum Gasteiger partial charge on any atom is 0.294 e. The lowest BCUT2D eigenvalue weighted by Gasteiger charge is -2.29. The van der Waals surface area contributed by atoms with Crippen LogP contribution in [0.2, 0.25) is 0 Å². The molecule has 1 N–H and O–H groups in total. The number of nitrogens with zero attached hydrogens (tertiary/aromatic N) is 2. The minimum atomic E-state index is -0.931. The Kier molecular flexibility index (Phi) is 6.87. The quantitative estimate of drug-likeness (QED) is 0.447. The number of Topliss-reactive ketones (excluding diaryl/α,β-unsaturated/α-hetero) is 1. The van der Waals surface area contributed by atoms with Gasteiger partial charge in [-0.3, -0.25) is 19.3 Å². The third-order valence-corrected chi connectivity index (χ3v) is 6.77. The van der Waals surface area contributed by atoms with E-state index in [2.05, 4.69) is 0 Å². The molecule has 6 nitrogen and oxygen atoms in total. The van der Waals surface area contributed by atoms with Crippen LogP contribution in [0.5, 0.6) is 0 Å². The van der Waals surface area contributed by atoms with Crippen molar-refractivity contribution >= 4 is 34.6 Å². The van der Waals surface area contributed by atoms with Gasteiger partial charge in [-0.15, -0.1) is 0 Å². The van der Waals surface area contributed by atoms with Crippen molar-refractivity contribution < 1.29 is 19.5 Å². The van der Waals surface area contributed by atoms with Crippen LogP contribution >= 0.6 is 11.3 Å². The molecule has 0 saturated carbocycles. The van der Waals surface area contributed by atoms with Gasteiger partial charge in [-0.05, 0) is 57.1 Å². The summed E-state index contributed by atoms with van der Waals surface area (Å²) in [7, 11) is 3.30. The summed E-state index contributed by atoms with van der Waals surface area (Å²) in [4.78, 5) is 42.9. The van der Waals surface area contributed by atoms with E-state index in [4.69, 9.17) is 0 Å². The number of rotatable bonds is 6. The monoisotopic (exact) mass is 502 g/mol. The zero-order valence-corrected chi connectivity index (χ0v) is 21.9. The first-order chi connectivity index (χ1) is 17.0. The number of hydrogen-bond acceptors (Lipinski definition) is 5. The van der Waals surface area contributed by atoms with Crippen LogP contribution in [0, 0.1) is 5.41 Å². The number of hydrogen-bond donors (Lipinski definition) is 1. The molecular formula is C29H30N2O4S. The predicted octanol–water partition coefficient (Wildman–Crippen LogP) is 6.02. The fraction of sp³-hybridized carbons (Fsp3) is 0.276. The highest BCUT2D eigenvalue weighted by Gasteiger charge is 2.46. The second kappa shape index (κ2) is 9.74. The summed E-state index contributed by atoms with van der Waals surface area (Å²) in [6, 6.07) is 15.4. The molecule has 7 heteroatoms. The Labute approximate surface area is 215 Å². The van der Waals surface area contributed by atoms with E-state index in [1.807, 2.05) is 49.7 Å². The topological polar surface area (TPSA) is 77.9 Å². The van der Waals surface area contributed by atoms with Gasteiger partial charge in [0.25, 0.3) is 11.8 Å². The molecule has 0 bridgehead atoms. The molecule has 2 aromatic carbocycles. The van der Waals surface area contributed by atoms with E-state index >= 15 is 0 Å². The largest absolute Gasteiger partial charge is 0.503 e. The number of aliphatic hydroxyl groups is 1. The van der Waals surface area contributed by atoms with Gasteiger partial charge in [0.05, 0.1) is 11.6 Å². The van der Waals surface area contributed by atoms with E-state index in [-0.39, 0.29) is 29.1 Å². The van der Waals surface area contributed by atoms with Gasteiger partial charge >= 0.3 is 0 Å². The molecule has 1 aromatic heterocycles. The van der Waals surface area contributed by atoms with Gasteiger partial charge in [0.1, 0.15) is 0 Å². The molecule has 0 spiro atoms. The van der Waals surface area contributed by atoms with Crippen LogP contribution in [0.25, 0.3) is 11.1 Å². The van der Waals surface area contributed by atoms with Gasteiger partial charge in [0.2, 0.25) is 0 Å². The zero-order valence-electron chi connectivity index (χ0n) is 21.1. The molecule has 2 heterocycles. The fourth-order valence-electron chi connectivity index (χ4n) is 4.44.